The number of carbonyl (C=O) groups is 1. The van der Waals surface area contributed by atoms with E-state index in [2.05, 4.69) is 34.5 Å². The van der Waals surface area contributed by atoms with Gasteiger partial charge in [0.15, 0.2) is 0 Å². The zero-order valence-corrected chi connectivity index (χ0v) is 14.9. The summed E-state index contributed by atoms with van der Waals surface area (Å²) in [5, 5.41) is 5.04. The fraction of sp³-hybridized carbons (Fsp3) is 0.190. The summed E-state index contributed by atoms with van der Waals surface area (Å²) in [6, 6.07) is 24.6. The van der Waals surface area contributed by atoms with Crippen molar-refractivity contribution in [1.29, 1.82) is 0 Å². The van der Waals surface area contributed by atoms with E-state index in [1.54, 1.807) is 11.3 Å². The van der Waals surface area contributed by atoms with E-state index in [9.17, 15) is 4.79 Å². The van der Waals surface area contributed by atoms with Crippen molar-refractivity contribution in [3.63, 3.8) is 0 Å². The van der Waals surface area contributed by atoms with Gasteiger partial charge in [-0.15, -0.1) is 11.3 Å². The lowest BCUT2D eigenvalue weighted by molar-refractivity contribution is -0.122. The third-order valence-electron chi connectivity index (χ3n) is 3.91. The summed E-state index contributed by atoms with van der Waals surface area (Å²) in [5.74, 6) is 0.0558. The van der Waals surface area contributed by atoms with Crippen LogP contribution in [-0.2, 0) is 24.4 Å². The van der Waals surface area contributed by atoms with E-state index in [1.807, 2.05) is 53.9 Å². The van der Waals surface area contributed by atoms with Gasteiger partial charge in [-0.05, 0) is 22.6 Å². The molecule has 2 aromatic carbocycles. The maximum atomic E-state index is 12.4. The maximum Gasteiger partial charge on any atom is 0.234 e. The van der Waals surface area contributed by atoms with Crippen molar-refractivity contribution in [3.8, 4) is 0 Å². The highest BCUT2D eigenvalue weighted by atomic mass is 32.1. The van der Waals surface area contributed by atoms with Crippen LogP contribution in [0.4, 0.5) is 0 Å². The molecule has 0 spiro atoms. The van der Waals surface area contributed by atoms with Gasteiger partial charge < -0.3 is 5.32 Å². The first-order valence-corrected chi connectivity index (χ1v) is 9.27. The van der Waals surface area contributed by atoms with Gasteiger partial charge in [0, 0.05) is 18.0 Å². The van der Waals surface area contributed by atoms with E-state index in [0.717, 1.165) is 13.1 Å². The average Bonchev–Trinajstić information content (AvgIpc) is 3.15. The summed E-state index contributed by atoms with van der Waals surface area (Å²) in [7, 11) is 0. The first kappa shape index (κ1) is 17.4. The largest absolute Gasteiger partial charge is 0.350 e. The summed E-state index contributed by atoms with van der Waals surface area (Å²) < 4.78 is 0. The number of benzene rings is 2. The third kappa shape index (κ3) is 5.85. The number of nitrogens with one attached hydrogen (secondary N) is 1. The molecule has 3 aromatic rings. The van der Waals surface area contributed by atoms with E-state index < -0.39 is 0 Å². The second-order valence-corrected chi connectivity index (χ2v) is 7.00. The molecular formula is C21H22N2OS. The fourth-order valence-electron chi connectivity index (χ4n) is 2.71. The van der Waals surface area contributed by atoms with Crippen molar-refractivity contribution in [1.82, 2.24) is 10.2 Å². The molecule has 0 saturated carbocycles. The van der Waals surface area contributed by atoms with Crippen LogP contribution in [0.2, 0.25) is 0 Å². The van der Waals surface area contributed by atoms with Gasteiger partial charge >= 0.3 is 0 Å². The molecule has 0 saturated heterocycles. The third-order valence-corrected chi connectivity index (χ3v) is 4.78. The molecule has 0 aliphatic carbocycles. The highest BCUT2D eigenvalue weighted by Crippen LogP contribution is 2.10. The van der Waals surface area contributed by atoms with Gasteiger partial charge in [-0.1, -0.05) is 66.7 Å². The second-order valence-electron chi connectivity index (χ2n) is 5.97. The predicted molar refractivity (Wildman–Crippen MR) is 103 cm³/mol. The van der Waals surface area contributed by atoms with Crippen LogP contribution in [0.15, 0.2) is 78.2 Å². The number of rotatable bonds is 8. The molecule has 0 bridgehead atoms. The van der Waals surface area contributed by atoms with Crippen LogP contribution in [0, 0.1) is 0 Å². The molecule has 3 nitrogen and oxygen atoms in total. The molecule has 4 heteroatoms. The van der Waals surface area contributed by atoms with E-state index >= 15 is 0 Å². The van der Waals surface area contributed by atoms with Crippen LogP contribution in [0.5, 0.6) is 0 Å². The lowest BCUT2D eigenvalue weighted by Crippen LogP contribution is -2.36. The zero-order valence-electron chi connectivity index (χ0n) is 14.1. The molecule has 0 unspecified atom stereocenters. The molecular weight excluding hydrogens is 328 g/mol. The Balaban J connectivity index is 1.61. The molecule has 0 atom stereocenters. The quantitative estimate of drug-likeness (QED) is 0.664. The smallest absolute Gasteiger partial charge is 0.234 e. The van der Waals surface area contributed by atoms with Gasteiger partial charge in [-0.25, -0.2) is 0 Å². The minimum Gasteiger partial charge on any atom is -0.350 e. The van der Waals surface area contributed by atoms with Crippen molar-refractivity contribution in [3.05, 3.63) is 94.2 Å². The van der Waals surface area contributed by atoms with Crippen LogP contribution in [0.25, 0.3) is 0 Å². The molecule has 25 heavy (non-hydrogen) atoms. The van der Waals surface area contributed by atoms with Crippen LogP contribution in [0.1, 0.15) is 16.0 Å². The molecule has 0 fully saturated rings. The summed E-state index contributed by atoms with van der Waals surface area (Å²) >= 11 is 1.66. The molecule has 1 heterocycles. The summed E-state index contributed by atoms with van der Waals surface area (Å²) in [4.78, 5) is 15.7. The molecule has 128 valence electrons. The number of hydrogen-bond donors (Lipinski definition) is 1. The molecule has 1 aromatic heterocycles. The van der Waals surface area contributed by atoms with Crippen molar-refractivity contribution >= 4 is 17.2 Å². The molecule has 1 amide bonds. The number of nitrogens with zero attached hydrogens (tertiary/aromatic N) is 1. The van der Waals surface area contributed by atoms with Gasteiger partial charge in [-0.2, -0.15) is 0 Å². The average molecular weight is 350 g/mol. The Morgan fingerprint density at radius 2 is 1.44 bits per heavy atom. The standard InChI is InChI=1S/C21H22N2OS/c24-21(22-14-20-12-7-13-25-20)17-23(15-18-8-3-1-4-9-18)16-19-10-5-2-6-11-19/h1-13H,14-17H2,(H,22,24). The minimum absolute atomic E-state index is 0.0558. The fourth-order valence-corrected chi connectivity index (χ4v) is 3.35. The Hall–Kier alpha value is -2.43. The number of thiophene rings is 1. The summed E-state index contributed by atoms with van der Waals surface area (Å²) in [5.41, 5.74) is 2.42. The van der Waals surface area contributed by atoms with Crippen LogP contribution >= 0.6 is 11.3 Å². The molecule has 0 aliphatic heterocycles. The van der Waals surface area contributed by atoms with E-state index in [1.165, 1.54) is 16.0 Å². The lowest BCUT2D eigenvalue weighted by Gasteiger charge is -2.22. The topological polar surface area (TPSA) is 32.3 Å². The Morgan fingerprint density at radius 1 is 0.840 bits per heavy atom. The van der Waals surface area contributed by atoms with Crippen LogP contribution in [-0.4, -0.2) is 17.4 Å². The van der Waals surface area contributed by atoms with Gasteiger partial charge in [-0.3, -0.25) is 9.69 Å². The maximum absolute atomic E-state index is 12.4. The molecule has 3 rings (SSSR count). The highest BCUT2D eigenvalue weighted by molar-refractivity contribution is 7.09. The van der Waals surface area contributed by atoms with Gasteiger partial charge in [0.1, 0.15) is 0 Å². The monoisotopic (exact) mass is 350 g/mol. The molecule has 0 radical (unpaired) electrons. The van der Waals surface area contributed by atoms with E-state index in [0.29, 0.717) is 13.1 Å². The summed E-state index contributed by atoms with van der Waals surface area (Å²) in [6.07, 6.45) is 0. The van der Waals surface area contributed by atoms with Crippen molar-refractivity contribution in [2.24, 2.45) is 0 Å². The van der Waals surface area contributed by atoms with Crippen molar-refractivity contribution < 1.29 is 4.79 Å². The van der Waals surface area contributed by atoms with E-state index in [4.69, 9.17) is 0 Å². The van der Waals surface area contributed by atoms with Gasteiger partial charge in [0.05, 0.1) is 13.1 Å². The second kappa shape index (κ2) is 9.16. The predicted octanol–water partition coefficient (Wildman–Crippen LogP) is 4.07. The SMILES string of the molecule is O=C(CN(Cc1ccccc1)Cc1ccccc1)NCc1cccs1. The first-order valence-electron chi connectivity index (χ1n) is 8.39. The summed E-state index contributed by atoms with van der Waals surface area (Å²) in [6.45, 7) is 2.49. The Kier molecular flexibility index (Phi) is 6.37. The molecule has 1 N–H and O–H groups in total. The number of carbonyl (C=O) groups excluding carboxylic acids is 1. The highest BCUT2D eigenvalue weighted by Gasteiger charge is 2.12. The lowest BCUT2D eigenvalue weighted by atomic mass is 10.1. The van der Waals surface area contributed by atoms with E-state index in [-0.39, 0.29) is 5.91 Å². The number of amides is 1. The van der Waals surface area contributed by atoms with Gasteiger partial charge in [0.2, 0.25) is 5.91 Å². The van der Waals surface area contributed by atoms with Crippen molar-refractivity contribution in [2.75, 3.05) is 6.54 Å². The Morgan fingerprint density at radius 3 is 1.96 bits per heavy atom. The first-order chi connectivity index (χ1) is 12.3. The molecule has 0 aliphatic rings. The normalized spacial score (nSPS) is 10.8. The van der Waals surface area contributed by atoms with Gasteiger partial charge in [0.25, 0.3) is 0 Å². The van der Waals surface area contributed by atoms with Crippen LogP contribution in [0.3, 0.4) is 0 Å². The number of hydrogen-bond acceptors (Lipinski definition) is 3. The Bertz CT molecular complexity index is 716. The van der Waals surface area contributed by atoms with Crippen molar-refractivity contribution in [2.45, 2.75) is 19.6 Å². The zero-order chi connectivity index (χ0) is 17.3. The Labute approximate surface area is 152 Å². The minimum atomic E-state index is 0.0558. The van der Waals surface area contributed by atoms with Crippen LogP contribution < -0.4 is 5.32 Å².